The van der Waals surface area contributed by atoms with Gasteiger partial charge >= 0.3 is 0 Å². The average Bonchev–Trinajstić information content (AvgIpc) is 3.12. The largest absolute Gasteiger partial charge is 0.247 e. The van der Waals surface area contributed by atoms with Crippen molar-refractivity contribution in [2.24, 2.45) is 4.99 Å². The Morgan fingerprint density at radius 2 is 1.35 bits per heavy atom. The molecule has 23 heavy (non-hydrogen) atoms. The summed E-state index contributed by atoms with van der Waals surface area (Å²) in [7, 11) is 0. The first-order chi connectivity index (χ1) is 11.4. The lowest BCUT2D eigenvalue weighted by Gasteiger charge is -2.02. The van der Waals surface area contributed by atoms with E-state index in [1.807, 2.05) is 29.5 Å². The standard InChI is InChI=1S/C21H13NS/c1-2-8-14(9-3-1)22-20-16-11-5-4-10-15(16)19-17-12-6-7-13-18(17)23-21(19)20/h1-13H. The Labute approximate surface area is 138 Å². The molecule has 0 fully saturated rings. The summed E-state index contributed by atoms with van der Waals surface area (Å²) in [4.78, 5) is 6.25. The maximum absolute atomic E-state index is 4.96. The van der Waals surface area contributed by atoms with Crippen LogP contribution < -0.4 is 0 Å². The van der Waals surface area contributed by atoms with Gasteiger partial charge in [0.15, 0.2) is 0 Å². The summed E-state index contributed by atoms with van der Waals surface area (Å²) >= 11 is 1.84. The molecule has 1 aliphatic rings. The molecule has 0 bridgehead atoms. The molecular formula is C21H13NS. The minimum absolute atomic E-state index is 1.00. The zero-order valence-corrected chi connectivity index (χ0v) is 13.2. The number of aliphatic imine (C=N–C) groups is 1. The summed E-state index contributed by atoms with van der Waals surface area (Å²) in [5.41, 5.74) is 5.99. The quantitative estimate of drug-likeness (QED) is 0.357. The Balaban J connectivity index is 1.86. The number of hydrogen-bond acceptors (Lipinski definition) is 2. The number of nitrogens with zero attached hydrogens (tertiary/aromatic N) is 1. The molecule has 5 rings (SSSR count). The second kappa shape index (κ2) is 4.90. The van der Waals surface area contributed by atoms with Gasteiger partial charge in [0.25, 0.3) is 0 Å². The third kappa shape index (κ3) is 1.89. The van der Waals surface area contributed by atoms with Gasteiger partial charge in [-0.15, -0.1) is 11.3 Å². The van der Waals surface area contributed by atoms with Crippen molar-refractivity contribution in [1.82, 2.24) is 0 Å². The van der Waals surface area contributed by atoms with Crippen LogP contribution in [0.3, 0.4) is 0 Å². The second-order valence-electron chi connectivity index (χ2n) is 5.64. The predicted molar refractivity (Wildman–Crippen MR) is 99.0 cm³/mol. The Morgan fingerprint density at radius 1 is 0.652 bits per heavy atom. The lowest BCUT2D eigenvalue weighted by molar-refractivity contribution is 1.51. The van der Waals surface area contributed by atoms with Crippen LogP contribution in [0, 0.1) is 0 Å². The maximum Gasteiger partial charge on any atom is 0.0894 e. The highest BCUT2D eigenvalue weighted by atomic mass is 32.1. The molecule has 0 aliphatic heterocycles. The van der Waals surface area contributed by atoms with E-state index in [0.717, 1.165) is 11.4 Å². The van der Waals surface area contributed by atoms with Crippen LogP contribution in [0.4, 0.5) is 5.69 Å². The maximum atomic E-state index is 4.96. The van der Waals surface area contributed by atoms with Crippen molar-refractivity contribution in [3.8, 4) is 11.1 Å². The van der Waals surface area contributed by atoms with E-state index >= 15 is 0 Å². The molecule has 3 aromatic carbocycles. The van der Waals surface area contributed by atoms with Crippen LogP contribution in [0.15, 0.2) is 83.9 Å². The number of hydrogen-bond donors (Lipinski definition) is 0. The minimum atomic E-state index is 1.00. The van der Waals surface area contributed by atoms with Gasteiger partial charge in [0.05, 0.1) is 16.3 Å². The van der Waals surface area contributed by atoms with E-state index in [1.54, 1.807) is 0 Å². The van der Waals surface area contributed by atoms with E-state index < -0.39 is 0 Å². The van der Waals surface area contributed by atoms with E-state index in [0.29, 0.717) is 0 Å². The first kappa shape index (κ1) is 12.8. The summed E-state index contributed by atoms with van der Waals surface area (Å²) in [6.07, 6.45) is 0. The van der Waals surface area contributed by atoms with Gasteiger partial charge in [0, 0.05) is 21.2 Å². The van der Waals surface area contributed by atoms with Crippen molar-refractivity contribution in [1.29, 1.82) is 0 Å². The Kier molecular flexibility index (Phi) is 2.73. The summed E-state index contributed by atoms with van der Waals surface area (Å²) in [6, 6.07) is 27.4. The molecule has 1 aliphatic carbocycles. The second-order valence-corrected chi connectivity index (χ2v) is 6.70. The van der Waals surface area contributed by atoms with Crippen LogP contribution >= 0.6 is 11.3 Å². The number of benzene rings is 3. The first-order valence-corrected chi connectivity index (χ1v) is 8.49. The van der Waals surface area contributed by atoms with E-state index in [4.69, 9.17) is 4.99 Å². The highest BCUT2D eigenvalue weighted by Gasteiger charge is 2.28. The summed E-state index contributed by atoms with van der Waals surface area (Å²) in [5.74, 6) is 0. The fourth-order valence-electron chi connectivity index (χ4n) is 3.25. The van der Waals surface area contributed by atoms with Gasteiger partial charge in [-0.05, 0) is 23.8 Å². The molecule has 0 atom stereocenters. The SMILES string of the molecule is c1ccc(N=C2c3ccccc3-c3c2sc2ccccc32)cc1. The Hall–Kier alpha value is -2.71. The van der Waals surface area contributed by atoms with Crippen LogP contribution in [0.5, 0.6) is 0 Å². The van der Waals surface area contributed by atoms with Gasteiger partial charge in [-0.3, -0.25) is 0 Å². The Morgan fingerprint density at radius 3 is 2.22 bits per heavy atom. The summed E-state index contributed by atoms with van der Waals surface area (Å²) in [6.45, 7) is 0. The third-order valence-electron chi connectivity index (χ3n) is 4.26. The third-order valence-corrected chi connectivity index (χ3v) is 5.44. The smallest absolute Gasteiger partial charge is 0.0894 e. The van der Waals surface area contributed by atoms with Gasteiger partial charge in [-0.25, -0.2) is 4.99 Å². The predicted octanol–water partition coefficient (Wildman–Crippen LogP) is 6.05. The topological polar surface area (TPSA) is 12.4 Å². The molecule has 0 spiro atoms. The highest BCUT2D eigenvalue weighted by Crippen LogP contribution is 2.47. The minimum Gasteiger partial charge on any atom is -0.247 e. The van der Waals surface area contributed by atoms with Gasteiger partial charge in [-0.2, -0.15) is 0 Å². The summed E-state index contributed by atoms with van der Waals surface area (Å²) < 4.78 is 1.33. The van der Waals surface area contributed by atoms with Gasteiger partial charge in [-0.1, -0.05) is 60.7 Å². The molecule has 0 unspecified atom stereocenters. The molecule has 0 saturated heterocycles. The Bertz CT molecular complexity index is 1060. The highest BCUT2D eigenvalue weighted by molar-refractivity contribution is 7.22. The normalized spacial score (nSPS) is 14.2. The van der Waals surface area contributed by atoms with E-state index in [1.165, 1.54) is 31.7 Å². The molecule has 2 heteroatoms. The summed E-state index contributed by atoms with van der Waals surface area (Å²) in [5, 5.41) is 1.33. The van der Waals surface area contributed by atoms with E-state index in [2.05, 4.69) is 60.7 Å². The van der Waals surface area contributed by atoms with Gasteiger partial charge in [0.2, 0.25) is 0 Å². The monoisotopic (exact) mass is 311 g/mol. The molecule has 0 N–H and O–H groups in total. The van der Waals surface area contributed by atoms with Crippen molar-refractivity contribution < 1.29 is 0 Å². The number of rotatable bonds is 1. The zero-order valence-electron chi connectivity index (χ0n) is 12.4. The van der Waals surface area contributed by atoms with Crippen LogP contribution in [-0.4, -0.2) is 5.71 Å². The molecule has 0 radical (unpaired) electrons. The van der Waals surface area contributed by atoms with Crippen LogP contribution in [0.25, 0.3) is 21.2 Å². The molecule has 1 nitrogen and oxygen atoms in total. The molecule has 0 amide bonds. The fraction of sp³-hybridized carbons (Fsp3) is 0. The number of thiophene rings is 1. The molecule has 108 valence electrons. The number of para-hydroxylation sites is 1. The molecule has 1 aromatic heterocycles. The van der Waals surface area contributed by atoms with Crippen molar-refractivity contribution in [3.63, 3.8) is 0 Å². The van der Waals surface area contributed by atoms with Crippen molar-refractivity contribution in [2.45, 2.75) is 0 Å². The molecule has 1 heterocycles. The van der Waals surface area contributed by atoms with E-state index in [-0.39, 0.29) is 0 Å². The lowest BCUT2D eigenvalue weighted by Crippen LogP contribution is -1.95. The van der Waals surface area contributed by atoms with Crippen LogP contribution in [-0.2, 0) is 0 Å². The van der Waals surface area contributed by atoms with Crippen molar-refractivity contribution >= 4 is 32.8 Å². The van der Waals surface area contributed by atoms with Gasteiger partial charge < -0.3 is 0 Å². The van der Waals surface area contributed by atoms with E-state index in [9.17, 15) is 0 Å². The van der Waals surface area contributed by atoms with Crippen LogP contribution in [0.1, 0.15) is 10.4 Å². The fourth-order valence-corrected chi connectivity index (χ4v) is 4.47. The molecule has 4 aromatic rings. The number of fused-ring (bicyclic) bond motifs is 5. The molecule has 0 saturated carbocycles. The van der Waals surface area contributed by atoms with Crippen molar-refractivity contribution in [2.75, 3.05) is 0 Å². The lowest BCUT2D eigenvalue weighted by atomic mass is 10.0. The van der Waals surface area contributed by atoms with Crippen molar-refractivity contribution in [3.05, 3.63) is 89.3 Å². The first-order valence-electron chi connectivity index (χ1n) is 7.67. The molecular weight excluding hydrogens is 298 g/mol. The van der Waals surface area contributed by atoms with Gasteiger partial charge in [0.1, 0.15) is 0 Å². The zero-order chi connectivity index (χ0) is 15.2. The average molecular weight is 311 g/mol. The van der Waals surface area contributed by atoms with Crippen LogP contribution in [0.2, 0.25) is 0 Å².